The van der Waals surface area contributed by atoms with E-state index in [0.29, 0.717) is 5.41 Å². The highest BCUT2D eigenvalue weighted by Gasteiger charge is 2.59. The quantitative estimate of drug-likeness (QED) is 0.314. The summed E-state index contributed by atoms with van der Waals surface area (Å²) in [6.45, 7) is 16.7. The summed E-state index contributed by atoms with van der Waals surface area (Å²) in [7, 11) is 0. The van der Waals surface area contributed by atoms with Crippen molar-refractivity contribution in [1.82, 2.24) is 5.32 Å². The highest BCUT2D eigenvalue weighted by Crippen LogP contribution is 2.67. The van der Waals surface area contributed by atoms with Crippen LogP contribution in [0.4, 0.5) is 4.79 Å². The van der Waals surface area contributed by atoms with E-state index < -0.39 is 0 Å². The molecule has 5 aliphatic carbocycles. The second kappa shape index (κ2) is 12.8. The molecule has 0 aliphatic heterocycles. The predicted octanol–water partition coefficient (Wildman–Crippen LogP) is 10.3. The number of amides is 1. The molecule has 0 aromatic carbocycles. The highest BCUT2D eigenvalue weighted by atomic mass is 16.6. The minimum atomic E-state index is -0.245. The van der Waals surface area contributed by atoms with Gasteiger partial charge in [0.25, 0.3) is 0 Å². The zero-order chi connectivity index (χ0) is 29.2. The van der Waals surface area contributed by atoms with Crippen molar-refractivity contribution in [3.05, 3.63) is 48.1 Å². The Kier molecular flexibility index (Phi) is 9.61. The summed E-state index contributed by atoms with van der Waals surface area (Å²) >= 11 is 0. The van der Waals surface area contributed by atoms with Crippen LogP contribution in [0.15, 0.2) is 48.1 Å². The molecule has 5 aliphatic rings. The molecular formula is C38H59NO2. The number of hydrogen-bond donors (Lipinski definition) is 1. The van der Waals surface area contributed by atoms with Crippen LogP contribution in [0.5, 0.6) is 0 Å². The molecule has 0 aromatic heterocycles. The van der Waals surface area contributed by atoms with Crippen molar-refractivity contribution in [3.8, 4) is 0 Å². The fourth-order valence-electron chi connectivity index (χ4n) is 10.4. The molecule has 1 amide bonds. The van der Waals surface area contributed by atoms with Crippen molar-refractivity contribution in [2.75, 3.05) is 0 Å². The standard InChI is InChI=1S/C38H59NO2/c1-26(2)12-11-14-28(4)33-18-19-34-32-17-16-29-25-31(20-22-37(29,5)35(32)21-23-38(33,34)6)41-36(40)39-30-15-10-8-7-9-13-27(3)24-30/h7-9,13,16,26,28,30-35H,3,10-12,14-15,17-25H2,1-2,4-6H3,(H,39,40)/b8-7-,13-9-/t28-,30?,31+,32+,33?,34?,35+,37+,38-/m1/s1. The molecule has 0 radical (unpaired) electrons. The SMILES string of the molecule is C=C1/C=C\C=C/CCC(NC(=O)O[C@H]2CC[C@@]3(C)C(=CC[C@H]4C5CCC([C@H](C)CCCC(C)C)[C@@]5(C)CC[C@@H]43)C2)C1. The normalized spacial score (nSPS) is 41.0. The largest absolute Gasteiger partial charge is 0.446 e. The maximum atomic E-state index is 13.0. The molecule has 3 fully saturated rings. The summed E-state index contributed by atoms with van der Waals surface area (Å²) in [6.07, 6.45) is 27.6. The molecule has 0 saturated heterocycles. The summed E-state index contributed by atoms with van der Waals surface area (Å²) < 4.78 is 6.08. The molecule has 228 valence electrons. The van der Waals surface area contributed by atoms with Gasteiger partial charge in [-0.3, -0.25) is 0 Å². The average molecular weight is 562 g/mol. The van der Waals surface area contributed by atoms with Gasteiger partial charge >= 0.3 is 6.09 Å². The first kappa shape index (κ1) is 30.7. The topological polar surface area (TPSA) is 38.3 Å². The molecule has 5 rings (SSSR count). The lowest BCUT2D eigenvalue weighted by Crippen LogP contribution is -2.51. The van der Waals surface area contributed by atoms with Gasteiger partial charge in [0.15, 0.2) is 0 Å². The Morgan fingerprint density at radius 1 is 1.02 bits per heavy atom. The lowest BCUT2D eigenvalue weighted by molar-refractivity contribution is -0.0582. The van der Waals surface area contributed by atoms with Crippen LogP contribution in [0.1, 0.15) is 125 Å². The molecule has 3 nitrogen and oxygen atoms in total. The van der Waals surface area contributed by atoms with E-state index >= 15 is 0 Å². The van der Waals surface area contributed by atoms with Crippen LogP contribution in [-0.2, 0) is 4.74 Å². The van der Waals surface area contributed by atoms with Crippen molar-refractivity contribution in [2.45, 2.75) is 137 Å². The van der Waals surface area contributed by atoms with E-state index in [-0.39, 0.29) is 23.7 Å². The molecule has 41 heavy (non-hydrogen) atoms. The average Bonchev–Trinajstić information content (AvgIpc) is 3.31. The van der Waals surface area contributed by atoms with Gasteiger partial charge < -0.3 is 10.1 Å². The summed E-state index contributed by atoms with van der Waals surface area (Å²) in [5, 5.41) is 3.17. The third-order valence-electron chi connectivity index (χ3n) is 12.6. The third kappa shape index (κ3) is 6.59. The van der Waals surface area contributed by atoms with Crippen LogP contribution in [0.25, 0.3) is 0 Å². The number of carbonyl (C=O) groups excluding carboxylic acids is 1. The summed E-state index contributed by atoms with van der Waals surface area (Å²) in [4.78, 5) is 13.0. The molecule has 1 N–H and O–H groups in total. The van der Waals surface area contributed by atoms with E-state index in [1.54, 1.807) is 5.57 Å². The fourth-order valence-corrected chi connectivity index (χ4v) is 10.4. The van der Waals surface area contributed by atoms with E-state index in [0.717, 1.165) is 79.6 Å². The Hall–Kier alpha value is -1.77. The van der Waals surface area contributed by atoms with Gasteiger partial charge in [0.2, 0.25) is 0 Å². The van der Waals surface area contributed by atoms with Crippen molar-refractivity contribution in [1.29, 1.82) is 0 Å². The minimum absolute atomic E-state index is 0.00149. The van der Waals surface area contributed by atoms with Crippen LogP contribution in [-0.4, -0.2) is 18.2 Å². The van der Waals surface area contributed by atoms with E-state index in [1.807, 2.05) is 12.2 Å². The Bertz CT molecular complexity index is 1040. The predicted molar refractivity (Wildman–Crippen MR) is 172 cm³/mol. The van der Waals surface area contributed by atoms with Crippen LogP contribution >= 0.6 is 0 Å². The minimum Gasteiger partial charge on any atom is -0.446 e. The molecule has 0 heterocycles. The molecule has 0 aromatic rings. The Morgan fingerprint density at radius 3 is 2.66 bits per heavy atom. The number of carbonyl (C=O) groups is 1. The maximum Gasteiger partial charge on any atom is 0.407 e. The molecule has 0 spiro atoms. The molecule has 3 saturated carbocycles. The van der Waals surface area contributed by atoms with Gasteiger partial charge in [-0.15, -0.1) is 0 Å². The number of allylic oxidation sites excluding steroid dienone is 5. The first-order valence-corrected chi connectivity index (χ1v) is 17.3. The first-order chi connectivity index (χ1) is 19.6. The number of rotatable bonds is 7. The highest BCUT2D eigenvalue weighted by molar-refractivity contribution is 5.68. The van der Waals surface area contributed by atoms with E-state index in [9.17, 15) is 4.79 Å². The lowest BCUT2D eigenvalue weighted by Gasteiger charge is -2.58. The summed E-state index contributed by atoms with van der Waals surface area (Å²) in [5.41, 5.74) is 3.46. The van der Waals surface area contributed by atoms with Crippen LogP contribution in [0, 0.1) is 46.3 Å². The lowest BCUT2D eigenvalue weighted by atomic mass is 9.47. The van der Waals surface area contributed by atoms with Gasteiger partial charge in [-0.05, 0) is 111 Å². The number of nitrogens with one attached hydrogen (secondary N) is 1. The Balaban J connectivity index is 1.19. The monoisotopic (exact) mass is 561 g/mol. The van der Waals surface area contributed by atoms with Crippen molar-refractivity contribution in [2.24, 2.45) is 46.3 Å². The number of fused-ring (bicyclic) bond motifs is 5. The van der Waals surface area contributed by atoms with Crippen molar-refractivity contribution < 1.29 is 9.53 Å². The van der Waals surface area contributed by atoms with E-state index in [2.05, 4.69) is 64.7 Å². The maximum absolute atomic E-state index is 13.0. The Labute approximate surface area is 251 Å². The van der Waals surface area contributed by atoms with Gasteiger partial charge in [0, 0.05) is 12.5 Å². The van der Waals surface area contributed by atoms with E-state index in [4.69, 9.17) is 4.74 Å². The Morgan fingerprint density at radius 2 is 1.85 bits per heavy atom. The molecule has 0 bridgehead atoms. The van der Waals surface area contributed by atoms with Gasteiger partial charge in [-0.2, -0.15) is 0 Å². The smallest absolute Gasteiger partial charge is 0.407 e. The second-order valence-corrected chi connectivity index (χ2v) is 15.6. The fraction of sp³-hybridized carbons (Fsp3) is 0.763. The van der Waals surface area contributed by atoms with Gasteiger partial charge in [0.1, 0.15) is 6.10 Å². The van der Waals surface area contributed by atoms with Crippen molar-refractivity contribution in [3.63, 3.8) is 0 Å². The van der Waals surface area contributed by atoms with Crippen LogP contribution in [0.3, 0.4) is 0 Å². The third-order valence-corrected chi connectivity index (χ3v) is 12.6. The summed E-state index contributed by atoms with van der Waals surface area (Å²) in [5.74, 6) is 5.14. The zero-order valence-corrected chi connectivity index (χ0v) is 26.9. The molecule has 3 heteroatoms. The number of ether oxygens (including phenoxy) is 1. The van der Waals surface area contributed by atoms with Gasteiger partial charge in [-0.25, -0.2) is 4.79 Å². The van der Waals surface area contributed by atoms with Gasteiger partial charge in [0.05, 0.1) is 0 Å². The number of alkyl carbamates (subject to hydrolysis) is 1. The van der Waals surface area contributed by atoms with Gasteiger partial charge in [-0.1, -0.05) is 102 Å². The van der Waals surface area contributed by atoms with Crippen LogP contribution in [0.2, 0.25) is 0 Å². The summed E-state index contributed by atoms with van der Waals surface area (Å²) in [6, 6.07) is 0.0793. The van der Waals surface area contributed by atoms with Crippen LogP contribution < -0.4 is 5.32 Å². The second-order valence-electron chi connectivity index (χ2n) is 15.6. The number of hydrogen-bond acceptors (Lipinski definition) is 2. The first-order valence-electron chi connectivity index (χ1n) is 17.3. The van der Waals surface area contributed by atoms with E-state index in [1.165, 1.54) is 51.4 Å². The molecule has 9 atom stereocenters. The molecular weight excluding hydrogens is 502 g/mol. The van der Waals surface area contributed by atoms with Crippen molar-refractivity contribution >= 4 is 6.09 Å². The zero-order valence-electron chi connectivity index (χ0n) is 26.9. The molecule has 3 unspecified atom stereocenters.